The molecule has 3 nitrogen and oxygen atoms in total. The third-order valence-electron chi connectivity index (χ3n) is 4.78. The number of nitriles is 1. The molecular weight excluding hydrogens is 302 g/mol. The molecule has 1 fully saturated rings. The molecule has 2 aromatic rings. The standard InChI is InChI=1S/C19H23N3S/c1-14-15(2)23-19(21-14)18-8-11-22(12-9-18)10-7-16-3-5-17(13-20)6-4-16/h3-6,18H,7-12H2,1-2H3. The second kappa shape index (κ2) is 7.25. The summed E-state index contributed by atoms with van der Waals surface area (Å²) in [7, 11) is 0. The molecule has 1 saturated heterocycles. The molecule has 0 amide bonds. The van der Waals surface area contributed by atoms with Crippen molar-refractivity contribution >= 4 is 11.3 Å². The van der Waals surface area contributed by atoms with Gasteiger partial charge in [0, 0.05) is 17.3 Å². The van der Waals surface area contributed by atoms with Gasteiger partial charge in [-0.2, -0.15) is 5.26 Å². The first-order valence-corrected chi connectivity index (χ1v) is 9.12. The zero-order valence-electron chi connectivity index (χ0n) is 13.9. The normalized spacial score (nSPS) is 16.4. The van der Waals surface area contributed by atoms with Crippen LogP contribution in [0, 0.1) is 25.2 Å². The van der Waals surface area contributed by atoms with Crippen LogP contribution >= 0.6 is 11.3 Å². The van der Waals surface area contributed by atoms with E-state index < -0.39 is 0 Å². The SMILES string of the molecule is Cc1nc(C2CCN(CCc3ccc(C#N)cc3)CC2)sc1C. The van der Waals surface area contributed by atoms with Crippen molar-refractivity contribution in [3.05, 3.63) is 51.0 Å². The molecule has 0 spiro atoms. The van der Waals surface area contributed by atoms with Crippen LogP contribution < -0.4 is 0 Å². The Morgan fingerprint density at radius 3 is 2.48 bits per heavy atom. The summed E-state index contributed by atoms with van der Waals surface area (Å²) >= 11 is 1.88. The average molecular weight is 325 g/mol. The molecule has 4 heteroatoms. The van der Waals surface area contributed by atoms with Crippen LogP contribution in [0.15, 0.2) is 24.3 Å². The van der Waals surface area contributed by atoms with Crippen molar-refractivity contribution in [2.24, 2.45) is 0 Å². The van der Waals surface area contributed by atoms with E-state index in [2.05, 4.69) is 36.9 Å². The van der Waals surface area contributed by atoms with Gasteiger partial charge in [0.25, 0.3) is 0 Å². The van der Waals surface area contributed by atoms with Crippen molar-refractivity contribution in [1.82, 2.24) is 9.88 Å². The summed E-state index contributed by atoms with van der Waals surface area (Å²) in [4.78, 5) is 8.66. The highest BCUT2D eigenvalue weighted by Crippen LogP contribution is 2.32. The van der Waals surface area contributed by atoms with Crippen molar-refractivity contribution in [3.8, 4) is 6.07 Å². The van der Waals surface area contributed by atoms with E-state index in [1.165, 1.54) is 47.1 Å². The highest BCUT2D eigenvalue weighted by atomic mass is 32.1. The maximum Gasteiger partial charge on any atom is 0.0991 e. The lowest BCUT2D eigenvalue weighted by molar-refractivity contribution is 0.214. The summed E-state index contributed by atoms with van der Waals surface area (Å²) in [5.74, 6) is 0.651. The fourth-order valence-corrected chi connectivity index (χ4v) is 4.20. The van der Waals surface area contributed by atoms with Gasteiger partial charge in [-0.3, -0.25) is 0 Å². The minimum Gasteiger partial charge on any atom is -0.303 e. The van der Waals surface area contributed by atoms with Gasteiger partial charge in [-0.15, -0.1) is 11.3 Å². The van der Waals surface area contributed by atoms with Crippen LogP contribution in [-0.2, 0) is 6.42 Å². The maximum absolute atomic E-state index is 8.84. The van der Waals surface area contributed by atoms with Crippen molar-refractivity contribution in [2.75, 3.05) is 19.6 Å². The average Bonchev–Trinajstić information content (AvgIpc) is 2.93. The molecule has 0 aliphatic carbocycles. The fraction of sp³-hybridized carbons (Fsp3) is 0.474. The molecule has 0 saturated carbocycles. The van der Waals surface area contributed by atoms with E-state index >= 15 is 0 Å². The van der Waals surface area contributed by atoms with Crippen molar-refractivity contribution in [2.45, 2.75) is 39.0 Å². The number of piperidine rings is 1. The molecule has 23 heavy (non-hydrogen) atoms. The highest BCUT2D eigenvalue weighted by Gasteiger charge is 2.23. The Bertz CT molecular complexity index is 669. The van der Waals surface area contributed by atoms with Crippen molar-refractivity contribution in [1.29, 1.82) is 5.26 Å². The van der Waals surface area contributed by atoms with Gasteiger partial charge in [0.05, 0.1) is 22.3 Å². The third kappa shape index (κ3) is 3.99. The Hall–Kier alpha value is -1.70. The smallest absolute Gasteiger partial charge is 0.0991 e. The molecule has 0 N–H and O–H groups in total. The van der Waals surface area contributed by atoms with Gasteiger partial charge >= 0.3 is 0 Å². The summed E-state index contributed by atoms with van der Waals surface area (Å²) in [6.07, 6.45) is 3.51. The van der Waals surface area contributed by atoms with Crippen LogP contribution in [0.25, 0.3) is 0 Å². The number of benzene rings is 1. The first-order valence-electron chi connectivity index (χ1n) is 8.31. The topological polar surface area (TPSA) is 39.9 Å². The Balaban J connectivity index is 1.48. The van der Waals surface area contributed by atoms with Gasteiger partial charge < -0.3 is 4.90 Å². The molecule has 1 aromatic heterocycles. The second-order valence-corrected chi connectivity index (χ2v) is 7.60. The van der Waals surface area contributed by atoms with Gasteiger partial charge in [0.2, 0.25) is 0 Å². The van der Waals surface area contributed by atoms with E-state index in [1.54, 1.807) is 0 Å². The molecule has 0 unspecified atom stereocenters. The number of likely N-dealkylation sites (tertiary alicyclic amines) is 1. The first-order chi connectivity index (χ1) is 11.2. The van der Waals surface area contributed by atoms with Crippen LogP contribution in [0.5, 0.6) is 0 Å². The largest absolute Gasteiger partial charge is 0.303 e. The number of hydrogen-bond acceptors (Lipinski definition) is 4. The maximum atomic E-state index is 8.84. The molecule has 120 valence electrons. The predicted molar refractivity (Wildman–Crippen MR) is 94.9 cm³/mol. The van der Waals surface area contributed by atoms with E-state index in [0.29, 0.717) is 5.92 Å². The second-order valence-electron chi connectivity index (χ2n) is 6.37. The zero-order chi connectivity index (χ0) is 16.2. The Labute approximate surface area is 142 Å². The van der Waals surface area contributed by atoms with Gasteiger partial charge in [-0.05, 0) is 63.9 Å². The van der Waals surface area contributed by atoms with Gasteiger partial charge in [-0.1, -0.05) is 12.1 Å². The number of nitrogens with zero attached hydrogens (tertiary/aromatic N) is 3. The summed E-state index contributed by atoms with van der Waals surface area (Å²) in [6, 6.07) is 10.1. The Morgan fingerprint density at radius 1 is 1.22 bits per heavy atom. The molecular formula is C19H23N3S. The van der Waals surface area contributed by atoms with Gasteiger partial charge in [-0.25, -0.2) is 4.98 Å². The third-order valence-corrected chi connectivity index (χ3v) is 6.02. The molecule has 0 atom stereocenters. The van der Waals surface area contributed by atoms with Gasteiger partial charge in [0.15, 0.2) is 0 Å². The molecule has 2 heterocycles. The molecule has 1 aromatic carbocycles. The van der Waals surface area contributed by atoms with E-state index in [1.807, 2.05) is 23.5 Å². The van der Waals surface area contributed by atoms with Crippen molar-refractivity contribution < 1.29 is 0 Å². The van der Waals surface area contributed by atoms with E-state index in [-0.39, 0.29) is 0 Å². The Morgan fingerprint density at radius 2 is 1.91 bits per heavy atom. The van der Waals surface area contributed by atoms with E-state index in [0.717, 1.165) is 18.5 Å². The van der Waals surface area contributed by atoms with Crippen LogP contribution in [-0.4, -0.2) is 29.5 Å². The lowest BCUT2D eigenvalue weighted by atomic mass is 9.97. The molecule has 1 aliphatic heterocycles. The summed E-state index contributed by atoms with van der Waals surface area (Å²) in [5.41, 5.74) is 3.26. The number of aromatic nitrogens is 1. The highest BCUT2D eigenvalue weighted by molar-refractivity contribution is 7.11. The lowest BCUT2D eigenvalue weighted by Crippen LogP contribution is -2.34. The van der Waals surface area contributed by atoms with E-state index in [9.17, 15) is 0 Å². The minimum absolute atomic E-state index is 0.651. The summed E-state index contributed by atoms with van der Waals surface area (Å²) in [5, 5.41) is 10.2. The number of thiazole rings is 1. The molecule has 1 aliphatic rings. The molecule has 0 bridgehead atoms. The first kappa shape index (κ1) is 16.2. The minimum atomic E-state index is 0.651. The molecule has 3 rings (SSSR count). The predicted octanol–water partition coefficient (Wildman–Crippen LogP) is 4.05. The van der Waals surface area contributed by atoms with Gasteiger partial charge in [0.1, 0.15) is 0 Å². The fourth-order valence-electron chi connectivity index (χ4n) is 3.11. The zero-order valence-corrected chi connectivity index (χ0v) is 14.7. The summed E-state index contributed by atoms with van der Waals surface area (Å²) in [6.45, 7) is 7.72. The van der Waals surface area contributed by atoms with Crippen LogP contribution in [0.1, 0.15) is 45.5 Å². The van der Waals surface area contributed by atoms with Crippen LogP contribution in [0.2, 0.25) is 0 Å². The number of aryl methyl sites for hydroxylation is 2. The molecule has 0 radical (unpaired) electrons. The number of rotatable bonds is 4. The van der Waals surface area contributed by atoms with E-state index in [4.69, 9.17) is 10.2 Å². The number of hydrogen-bond donors (Lipinski definition) is 0. The monoisotopic (exact) mass is 325 g/mol. The Kier molecular flexibility index (Phi) is 5.09. The van der Waals surface area contributed by atoms with Crippen LogP contribution in [0.4, 0.5) is 0 Å². The van der Waals surface area contributed by atoms with Crippen LogP contribution in [0.3, 0.4) is 0 Å². The quantitative estimate of drug-likeness (QED) is 0.851. The summed E-state index contributed by atoms with van der Waals surface area (Å²) < 4.78 is 0. The lowest BCUT2D eigenvalue weighted by Gasteiger charge is -2.31. The van der Waals surface area contributed by atoms with Crippen molar-refractivity contribution in [3.63, 3.8) is 0 Å².